The quantitative estimate of drug-likeness (QED) is 0.227. The highest BCUT2D eigenvalue weighted by Gasteiger charge is 2.52. The molecule has 9 atom stereocenters. The van der Waals surface area contributed by atoms with Crippen LogP contribution in [-0.4, -0.2) is 126 Å². The molecule has 0 radical (unpaired) electrons. The van der Waals surface area contributed by atoms with Gasteiger partial charge in [-0.25, -0.2) is 0 Å². The summed E-state index contributed by atoms with van der Waals surface area (Å²) in [5.74, 6) is -2.16. The van der Waals surface area contributed by atoms with Crippen LogP contribution in [0.5, 0.6) is 0 Å². The van der Waals surface area contributed by atoms with Gasteiger partial charge in [-0.3, -0.25) is 0 Å². The zero-order valence-corrected chi connectivity index (χ0v) is 12.5. The first kappa shape index (κ1) is 21.6. The van der Waals surface area contributed by atoms with Crippen LogP contribution in [0.3, 0.4) is 0 Å². The van der Waals surface area contributed by atoms with Crippen molar-refractivity contribution in [2.45, 2.75) is 54.8 Å². The molecule has 2 heterocycles. The Kier molecular flexibility index (Phi) is 7.86. The first-order valence-electron chi connectivity index (χ1n) is 7.09. The van der Waals surface area contributed by atoms with Crippen LogP contribution >= 0.6 is 0 Å². The molecule has 9 unspecified atom stereocenters. The van der Waals surface area contributed by atoms with Crippen LogP contribution in [-0.2, 0) is 9.47 Å². The zero-order valence-electron chi connectivity index (χ0n) is 12.5. The van der Waals surface area contributed by atoms with Gasteiger partial charge in [0.25, 0.3) is 0 Å². The summed E-state index contributed by atoms with van der Waals surface area (Å²) in [4.78, 5) is 0. The highest BCUT2D eigenvalue weighted by molar-refractivity contribution is 4.94. The van der Waals surface area contributed by atoms with Crippen molar-refractivity contribution in [3.05, 3.63) is 0 Å². The van der Waals surface area contributed by atoms with Gasteiger partial charge in [0, 0.05) is 0 Å². The Bertz CT molecular complexity index is 371. The fourth-order valence-corrected chi connectivity index (χ4v) is 2.23. The molecule has 0 spiro atoms. The third-order valence-corrected chi connectivity index (χ3v) is 3.80. The summed E-state index contributed by atoms with van der Waals surface area (Å²) in [5.41, 5.74) is 0. The van der Waals surface area contributed by atoms with E-state index in [1.807, 2.05) is 0 Å². The molecule has 0 saturated carbocycles. The van der Waals surface area contributed by atoms with Crippen LogP contribution in [0.4, 0.5) is 0 Å². The van der Waals surface area contributed by atoms with Gasteiger partial charge in [0.2, 0.25) is 5.79 Å². The smallest absolute Gasteiger partial charge is 0.219 e. The Balaban J connectivity index is 0.000000240. The van der Waals surface area contributed by atoms with Gasteiger partial charge >= 0.3 is 0 Å². The molecule has 0 aromatic heterocycles. The van der Waals surface area contributed by atoms with E-state index in [4.69, 9.17) is 46.0 Å². The van der Waals surface area contributed by atoms with Gasteiger partial charge in [-0.1, -0.05) is 0 Å². The van der Waals surface area contributed by atoms with E-state index in [0.29, 0.717) is 0 Å². The number of aliphatic hydroxyl groups is 10. The van der Waals surface area contributed by atoms with Crippen LogP contribution in [0, 0.1) is 0 Å². The van der Waals surface area contributed by atoms with E-state index in [0.717, 1.165) is 0 Å². The summed E-state index contributed by atoms with van der Waals surface area (Å²) >= 11 is 0. The molecule has 2 saturated heterocycles. The zero-order chi connectivity index (χ0) is 18.7. The molecular formula is C12H24O12. The van der Waals surface area contributed by atoms with Gasteiger partial charge in [-0.2, -0.15) is 0 Å². The molecule has 12 nitrogen and oxygen atoms in total. The maximum atomic E-state index is 9.25. The molecule has 12 heteroatoms. The lowest BCUT2D eigenvalue weighted by atomic mass is 10.00. The van der Waals surface area contributed by atoms with Gasteiger partial charge in [0.15, 0.2) is 6.29 Å². The number of ether oxygens (including phenoxy) is 2. The maximum absolute atomic E-state index is 9.25. The third kappa shape index (κ3) is 4.37. The summed E-state index contributed by atoms with van der Waals surface area (Å²) in [6.45, 7) is -1.88. The molecule has 24 heavy (non-hydrogen) atoms. The van der Waals surface area contributed by atoms with Crippen molar-refractivity contribution in [2.24, 2.45) is 0 Å². The Morgan fingerprint density at radius 3 is 1.62 bits per heavy atom. The van der Waals surface area contributed by atoms with Gasteiger partial charge in [-0.15, -0.1) is 0 Å². The SMILES string of the molecule is OCC1OC(O)(CO)C(O)C1O.OCC1OC(O)C(O)C(O)C1O. The number of hydrogen-bond donors (Lipinski definition) is 10. The number of rotatable bonds is 3. The van der Waals surface area contributed by atoms with E-state index in [2.05, 4.69) is 9.47 Å². The van der Waals surface area contributed by atoms with Gasteiger partial charge in [0.1, 0.15) is 42.7 Å². The number of hydrogen-bond acceptors (Lipinski definition) is 12. The maximum Gasteiger partial charge on any atom is 0.219 e. The van der Waals surface area contributed by atoms with E-state index in [1.165, 1.54) is 0 Å². The van der Waals surface area contributed by atoms with Crippen molar-refractivity contribution in [3.8, 4) is 0 Å². The summed E-state index contributed by atoms with van der Waals surface area (Å²) in [7, 11) is 0. The first-order valence-corrected chi connectivity index (χ1v) is 7.09. The fourth-order valence-electron chi connectivity index (χ4n) is 2.23. The molecular weight excluding hydrogens is 336 g/mol. The van der Waals surface area contributed by atoms with Crippen LogP contribution < -0.4 is 0 Å². The summed E-state index contributed by atoms with van der Waals surface area (Å²) < 4.78 is 9.20. The molecule has 2 fully saturated rings. The second-order valence-corrected chi connectivity index (χ2v) is 5.50. The second kappa shape index (κ2) is 8.75. The molecule has 0 bridgehead atoms. The Labute approximate surface area is 136 Å². The van der Waals surface area contributed by atoms with E-state index >= 15 is 0 Å². The molecule has 10 N–H and O–H groups in total. The molecule has 0 aromatic rings. The van der Waals surface area contributed by atoms with Crippen LogP contribution in [0.25, 0.3) is 0 Å². The Morgan fingerprint density at radius 1 is 0.708 bits per heavy atom. The van der Waals surface area contributed by atoms with Gasteiger partial charge < -0.3 is 60.5 Å². The minimum Gasteiger partial charge on any atom is -0.394 e. The lowest BCUT2D eigenvalue weighted by Gasteiger charge is -2.37. The molecule has 2 aliphatic rings. The molecule has 144 valence electrons. The van der Waals surface area contributed by atoms with Crippen molar-refractivity contribution in [1.82, 2.24) is 0 Å². The van der Waals surface area contributed by atoms with Gasteiger partial charge in [-0.05, 0) is 0 Å². The topological polar surface area (TPSA) is 221 Å². The van der Waals surface area contributed by atoms with Crippen LogP contribution in [0.15, 0.2) is 0 Å². The van der Waals surface area contributed by atoms with Crippen molar-refractivity contribution in [2.75, 3.05) is 19.8 Å². The third-order valence-electron chi connectivity index (χ3n) is 3.80. The van der Waals surface area contributed by atoms with Gasteiger partial charge in [0.05, 0.1) is 19.8 Å². The monoisotopic (exact) mass is 360 g/mol. The van der Waals surface area contributed by atoms with Crippen LogP contribution in [0.2, 0.25) is 0 Å². The molecule has 2 aliphatic heterocycles. The van der Waals surface area contributed by atoms with Crippen molar-refractivity contribution >= 4 is 0 Å². The highest BCUT2D eigenvalue weighted by Crippen LogP contribution is 2.28. The average Bonchev–Trinajstić information content (AvgIpc) is 2.81. The van der Waals surface area contributed by atoms with Crippen LogP contribution in [0.1, 0.15) is 0 Å². The largest absolute Gasteiger partial charge is 0.394 e. The Hall–Kier alpha value is -0.480. The summed E-state index contributed by atoms with van der Waals surface area (Å²) in [6, 6.07) is 0. The second-order valence-electron chi connectivity index (χ2n) is 5.50. The van der Waals surface area contributed by atoms with Crippen molar-refractivity contribution < 1.29 is 60.5 Å². The lowest BCUT2D eigenvalue weighted by Crippen LogP contribution is -2.58. The fraction of sp³-hybridized carbons (Fsp3) is 1.00. The minimum absolute atomic E-state index is 0.526. The molecule has 0 amide bonds. The normalized spacial score (nSPS) is 48.8. The molecule has 0 aromatic carbocycles. The average molecular weight is 360 g/mol. The predicted molar refractivity (Wildman–Crippen MR) is 72.0 cm³/mol. The first-order chi connectivity index (χ1) is 11.1. The van der Waals surface area contributed by atoms with E-state index in [-0.39, 0.29) is 0 Å². The van der Waals surface area contributed by atoms with Crippen molar-refractivity contribution in [1.29, 1.82) is 0 Å². The summed E-state index contributed by atoms with van der Waals surface area (Å²) in [6.07, 6.45) is -11.1. The predicted octanol–water partition coefficient (Wildman–Crippen LogP) is -6.44. The van der Waals surface area contributed by atoms with E-state index in [9.17, 15) is 5.11 Å². The number of aliphatic hydroxyl groups excluding tert-OH is 9. The lowest BCUT2D eigenvalue weighted by molar-refractivity contribution is -0.286. The van der Waals surface area contributed by atoms with E-state index < -0.39 is 74.6 Å². The minimum atomic E-state index is -2.16. The Morgan fingerprint density at radius 2 is 1.25 bits per heavy atom. The van der Waals surface area contributed by atoms with E-state index in [1.54, 1.807) is 0 Å². The summed E-state index contributed by atoms with van der Waals surface area (Å²) in [5, 5.41) is 89.3. The highest BCUT2D eigenvalue weighted by atomic mass is 16.7. The standard InChI is InChI=1S/2C6H12O6/c7-1-3-4(9)5(10)6(11,2-8)12-3;7-1-2-3(8)4(9)5(10)6(11)12-2/h3-5,7-11H,1-2H2;2-11H,1H2. The molecule has 0 aliphatic carbocycles. The molecule has 2 rings (SSSR count). The van der Waals surface area contributed by atoms with Crippen molar-refractivity contribution in [3.63, 3.8) is 0 Å².